The molecule has 138 valence electrons. The van der Waals surface area contributed by atoms with Gasteiger partial charge in [0.05, 0.1) is 12.3 Å². The second-order valence-corrected chi connectivity index (χ2v) is 6.99. The van der Waals surface area contributed by atoms with E-state index in [0.29, 0.717) is 6.42 Å². The summed E-state index contributed by atoms with van der Waals surface area (Å²) in [5.74, 6) is 0.0303. The molecule has 27 heavy (non-hydrogen) atoms. The lowest BCUT2D eigenvalue weighted by Crippen LogP contribution is -2.46. The van der Waals surface area contributed by atoms with Gasteiger partial charge in [-0.05, 0) is 41.7 Å². The van der Waals surface area contributed by atoms with E-state index in [0.717, 1.165) is 36.3 Å². The Bertz CT molecular complexity index is 872. The number of carboxylic acids is 1. The molecule has 1 aliphatic rings. The first-order valence-electron chi connectivity index (χ1n) is 9.41. The molecular formula is C23H23NO3. The van der Waals surface area contributed by atoms with Gasteiger partial charge in [0.2, 0.25) is 0 Å². The van der Waals surface area contributed by atoms with E-state index in [9.17, 15) is 9.90 Å². The number of nitrogens with zero attached hydrogens (tertiary/aromatic N) is 1. The maximum atomic E-state index is 11.8. The van der Waals surface area contributed by atoms with Crippen LogP contribution in [0.5, 0.6) is 0 Å². The average molecular weight is 361 g/mol. The first kappa shape index (κ1) is 17.6. The molecule has 1 aliphatic heterocycles. The second kappa shape index (κ2) is 7.80. The summed E-state index contributed by atoms with van der Waals surface area (Å²) in [6.07, 6.45) is 4.28. The van der Waals surface area contributed by atoms with Crippen LogP contribution in [0.2, 0.25) is 0 Å². The molecule has 2 heterocycles. The largest absolute Gasteiger partial charge is 0.480 e. The Balaban J connectivity index is 1.70. The maximum absolute atomic E-state index is 11.8. The molecule has 3 aromatic rings. The number of rotatable bonds is 5. The molecule has 1 aromatic heterocycles. The molecule has 0 amide bonds. The van der Waals surface area contributed by atoms with E-state index in [1.807, 2.05) is 30.3 Å². The molecule has 4 rings (SSSR count). The third kappa shape index (κ3) is 3.67. The van der Waals surface area contributed by atoms with Crippen molar-refractivity contribution in [2.45, 2.75) is 31.3 Å². The highest BCUT2D eigenvalue weighted by molar-refractivity contribution is 5.73. The van der Waals surface area contributed by atoms with Crippen LogP contribution in [0.25, 0.3) is 11.1 Å². The quantitative estimate of drug-likeness (QED) is 0.697. The van der Waals surface area contributed by atoms with Gasteiger partial charge in [0.15, 0.2) is 0 Å². The predicted octanol–water partition coefficient (Wildman–Crippen LogP) is 4.98. The van der Waals surface area contributed by atoms with Gasteiger partial charge in [-0.15, -0.1) is 0 Å². The number of hydrogen-bond donors (Lipinski definition) is 1. The number of furan rings is 1. The fraction of sp³-hybridized carbons (Fsp3) is 0.261. The Labute approximate surface area is 159 Å². The lowest BCUT2D eigenvalue weighted by atomic mass is 9.93. The topological polar surface area (TPSA) is 53.7 Å². The number of carboxylic acid groups (broad SMARTS) is 1. The SMILES string of the molecule is O=C(O)C1CCCCN1C(c1ccc(-c2ccccc2)cc1)c1ccco1. The third-order valence-electron chi connectivity index (χ3n) is 5.31. The Morgan fingerprint density at radius 1 is 0.963 bits per heavy atom. The normalized spacial score (nSPS) is 18.9. The molecule has 4 nitrogen and oxygen atoms in total. The number of benzene rings is 2. The van der Waals surface area contributed by atoms with Crippen molar-refractivity contribution in [3.8, 4) is 11.1 Å². The van der Waals surface area contributed by atoms with Crippen LogP contribution in [-0.4, -0.2) is 28.6 Å². The molecule has 0 bridgehead atoms. The van der Waals surface area contributed by atoms with E-state index in [4.69, 9.17) is 4.42 Å². The number of likely N-dealkylation sites (tertiary alicyclic amines) is 1. The summed E-state index contributed by atoms with van der Waals surface area (Å²) in [6.45, 7) is 0.753. The van der Waals surface area contributed by atoms with Crippen LogP contribution in [0.15, 0.2) is 77.4 Å². The van der Waals surface area contributed by atoms with Crippen molar-refractivity contribution < 1.29 is 14.3 Å². The van der Waals surface area contributed by atoms with Gasteiger partial charge in [0, 0.05) is 6.54 Å². The highest BCUT2D eigenvalue weighted by atomic mass is 16.4. The lowest BCUT2D eigenvalue weighted by Gasteiger charge is -2.38. The molecule has 0 spiro atoms. The fourth-order valence-electron chi connectivity index (χ4n) is 3.98. The minimum Gasteiger partial charge on any atom is -0.480 e. The van der Waals surface area contributed by atoms with Crippen molar-refractivity contribution in [3.63, 3.8) is 0 Å². The molecule has 0 aliphatic carbocycles. The zero-order chi connectivity index (χ0) is 18.6. The van der Waals surface area contributed by atoms with Crippen molar-refractivity contribution in [2.24, 2.45) is 0 Å². The van der Waals surface area contributed by atoms with Crippen molar-refractivity contribution in [3.05, 3.63) is 84.3 Å². The van der Waals surface area contributed by atoms with Crippen LogP contribution in [0.4, 0.5) is 0 Å². The number of aliphatic carboxylic acids is 1. The van der Waals surface area contributed by atoms with E-state index in [1.165, 1.54) is 5.56 Å². The van der Waals surface area contributed by atoms with Crippen LogP contribution < -0.4 is 0 Å². The van der Waals surface area contributed by atoms with E-state index >= 15 is 0 Å². The first-order valence-corrected chi connectivity index (χ1v) is 9.41. The van der Waals surface area contributed by atoms with E-state index in [-0.39, 0.29) is 6.04 Å². The highest BCUT2D eigenvalue weighted by Gasteiger charge is 2.36. The molecule has 0 saturated carbocycles. The van der Waals surface area contributed by atoms with Crippen molar-refractivity contribution in [2.75, 3.05) is 6.54 Å². The first-order chi connectivity index (χ1) is 13.2. The highest BCUT2D eigenvalue weighted by Crippen LogP contribution is 2.35. The smallest absolute Gasteiger partial charge is 0.320 e. The molecule has 0 radical (unpaired) electrons. The van der Waals surface area contributed by atoms with Crippen LogP contribution in [-0.2, 0) is 4.79 Å². The van der Waals surface area contributed by atoms with Crippen LogP contribution >= 0.6 is 0 Å². The Morgan fingerprint density at radius 2 is 1.70 bits per heavy atom. The monoisotopic (exact) mass is 361 g/mol. The van der Waals surface area contributed by atoms with Gasteiger partial charge in [0.25, 0.3) is 0 Å². The standard InChI is InChI=1S/C23H23NO3/c25-23(26)20-9-4-5-15-24(20)22(21-10-6-16-27-21)19-13-11-18(12-14-19)17-7-2-1-3-8-17/h1-3,6-8,10-14,16,20,22H,4-5,9,15H2,(H,25,26). The van der Waals surface area contributed by atoms with Crippen LogP contribution in [0, 0.1) is 0 Å². The minimum atomic E-state index is -0.757. The molecule has 4 heteroatoms. The second-order valence-electron chi connectivity index (χ2n) is 6.99. The van der Waals surface area contributed by atoms with Gasteiger partial charge in [0.1, 0.15) is 11.8 Å². The number of carbonyl (C=O) groups is 1. The Hall–Kier alpha value is -2.85. The Kier molecular flexibility index (Phi) is 5.07. The minimum absolute atomic E-state index is 0.189. The lowest BCUT2D eigenvalue weighted by molar-refractivity contribution is -0.145. The van der Waals surface area contributed by atoms with Crippen LogP contribution in [0.3, 0.4) is 0 Å². The van der Waals surface area contributed by atoms with Gasteiger partial charge < -0.3 is 9.52 Å². The molecule has 1 fully saturated rings. The van der Waals surface area contributed by atoms with Gasteiger partial charge in [-0.1, -0.05) is 61.0 Å². The summed E-state index contributed by atoms with van der Waals surface area (Å²) in [4.78, 5) is 13.9. The number of piperidine rings is 1. The van der Waals surface area contributed by atoms with Crippen molar-refractivity contribution in [1.29, 1.82) is 0 Å². The average Bonchev–Trinajstić information content (AvgIpc) is 3.24. The van der Waals surface area contributed by atoms with Crippen molar-refractivity contribution in [1.82, 2.24) is 4.90 Å². The van der Waals surface area contributed by atoms with Crippen LogP contribution in [0.1, 0.15) is 36.6 Å². The summed E-state index contributed by atoms with van der Waals surface area (Å²) in [6, 6.07) is 21.7. The van der Waals surface area contributed by atoms with Gasteiger partial charge in [-0.25, -0.2) is 0 Å². The maximum Gasteiger partial charge on any atom is 0.320 e. The molecule has 2 aromatic carbocycles. The molecule has 2 atom stereocenters. The molecule has 1 N–H and O–H groups in total. The van der Waals surface area contributed by atoms with Gasteiger partial charge in [-0.3, -0.25) is 9.69 Å². The summed E-state index contributed by atoms with van der Waals surface area (Å²) < 4.78 is 5.71. The fourth-order valence-corrected chi connectivity index (χ4v) is 3.98. The van der Waals surface area contributed by atoms with Crippen molar-refractivity contribution >= 4 is 5.97 Å². The zero-order valence-electron chi connectivity index (χ0n) is 15.1. The third-order valence-corrected chi connectivity index (χ3v) is 5.31. The van der Waals surface area contributed by atoms with E-state index in [1.54, 1.807) is 6.26 Å². The molecule has 1 saturated heterocycles. The molecular weight excluding hydrogens is 338 g/mol. The molecule has 2 unspecified atom stereocenters. The van der Waals surface area contributed by atoms with Gasteiger partial charge in [-0.2, -0.15) is 0 Å². The van der Waals surface area contributed by atoms with E-state index in [2.05, 4.69) is 41.3 Å². The predicted molar refractivity (Wildman–Crippen MR) is 104 cm³/mol. The summed E-state index contributed by atoms with van der Waals surface area (Å²) >= 11 is 0. The Morgan fingerprint density at radius 3 is 2.37 bits per heavy atom. The van der Waals surface area contributed by atoms with E-state index < -0.39 is 12.0 Å². The van der Waals surface area contributed by atoms with Gasteiger partial charge >= 0.3 is 5.97 Å². The summed E-state index contributed by atoms with van der Waals surface area (Å²) in [7, 11) is 0. The zero-order valence-corrected chi connectivity index (χ0v) is 15.1. The summed E-state index contributed by atoms with van der Waals surface area (Å²) in [5.41, 5.74) is 3.36. The number of hydrogen-bond acceptors (Lipinski definition) is 3. The summed E-state index contributed by atoms with van der Waals surface area (Å²) in [5, 5.41) is 9.72.